The molecule has 8 heteroatoms. The quantitative estimate of drug-likeness (QED) is 0.660. The van der Waals surface area contributed by atoms with Crippen LogP contribution in [0, 0.1) is 17.0 Å². The highest BCUT2D eigenvalue weighted by Gasteiger charge is 2.19. The molecule has 1 aromatic heterocycles. The Bertz CT molecular complexity index is 702. The number of nitrogens with zero attached hydrogens (tertiary/aromatic N) is 3. The van der Waals surface area contributed by atoms with Gasteiger partial charge in [-0.1, -0.05) is 12.1 Å². The summed E-state index contributed by atoms with van der Waals surface area (Å²) in [6.07, 6.45) is 2.34. The van der Waals surface area contributed by atoms with Crippen molar-refractivity contribution < 1.29 is 19.6 Å². The standard InChI is InChI=1S/C13H11N3O5/c1-8-3-2-4-11(12(8)16(19)20)21-6-10-9(13(17)18)5-14-7-15-10/h2-5,7H,6H2,1H3,(H,17,18). The van der Waals surface area contributed by atoms with Gasteiger partial charge in [0.05, 0.1) is 10.6 Å². The summed E-state index contributed by atoms with van der Waals surface area (Å²) >= 11 is 0. The second kappa shape index (κ2) is 5.95. The Morgan fingerprint density at radius 3 is 2.90 bits per heavy atom. The molecule has 0 amide bonds. The molecule has 8 nitrogen and oxygen atoms in total. The average Bonchev–Trinajstić information content (AvgIpc) is 2.44. The lowest BCUT2D eigenvalue weighted by atomic mass is 10.2. The molecule has 2 rings (SSSR count). The zero-order valence-electron chi connectivity index (χ0n) is 11.0. The van der Waals surface area contributed by atoms with E-state index in [0.29, 0.717) is 5.56 Å². The second-order valence-electron chi connectivity index (χ2n) is 4.16. The Hall–Kier alpha value is -3.03. The largest absolute Gasteiger partial charge is 0.480 e. The van der Waals surface area contributed by atoms with Crippen molar-refractivity contribution in [1.82, 2.24) is 9.97 Å². The molecule has 0 saturated carbocycles. The molecule has 1 N–H and O–H groups in total. The molecule has 0 saturated heterocycles. The van der Waals surface area contributed by atoms with Crippen molar-refractivity contribution in [2.75, 3.05) is 0 Å². The Morgan fingerprint density at radius 2 is 2.24 bits per heavy atom. The fraction of sp³-hybridized carbons (Fsp3) is 0.154. The maximum absolute atomic E-state index is 11.0. The van der Waals surface area contributed by atoms with E-state index >= 15 is 0 Å². The number of carboxylic acids is 1. The molecule has 0 fully saturated rings. The van der Waals surface area contributed by atoms with E-state index in [1.54, 1.807) is 19.1 Å². The maximum atomic E-state index is 11.0. The van der Waals surface area contributed by atoms with Crippen LogP contribution in [0.5, 0.6) is 5.75 Å². The van der Waals surface area contributed by atoms with Gasteiger partial charge in [-0.3, -0.25) is 10.1 Å². The fourth-order valence-electron chi connectivity index (χ4n) is 1.78. The Labute approximate surface area is 119 Å². The van der Waals surface area contributed by atoms with Crippen molar-refractivity contribution in [3.8, 4) is 5.75 Å². The molecule has 0 aliphatic rings. The molecule has 0 aliphatic heterocycles. The van der Waals surface area contributed by atoms with Crippen LogP contribution >= 0.6 is 0 Å². The lowest BCUT2D eigenvalue weighted by molar-refractivity contribution is -0.386. The van der Waals surface area contributed by atoms with Crippen LogP contribution in [0.4, 0.5) is 5.69 Å². The van der Waals surface area contributed by atoms with E-state index in [0.717, 1.165) is 6.20 Å². The third-order valence-electron chi connectivity index (χ3n) is 2.77. The van der Waals surface area contributed by atoms with Gasteiger partial charge in [0.1, 0.15) is 18.5 Å². The van der Waals surface area contributed by atoms with Crippen molar-refractivity contribution in [3.63, 3.8) is 0 Å². The molecular formula is C13H11N3O5. The molecule has 0 unspecified atom stereocenters. The van der Waals surface area contributed by atoms with Gasteiger partial charge >= 0.3 is 11.7 Å². The lowest BCUT2D eigenvalue weighted by Gasteiger charge is -2.08. The number of hydrogen-bond acceptors (Lipinski definition) is 6. The Morgan fingerprint density at radius 1 is 1.48 bits per heavy atom. The van der Waals surface area contributed by atoms with Gasteiger partial charge < -0.3 is 9.84 Å². The number of carbonyl (C=O) groups is 1. The Kier molecular flexibility index (Phi) is 4.07. The highest BCUT2D eigenvalue weighted by atomic mass is 16.6. The van der Waals surface area contributed by atoms with E-state index in [1.165, 1.54) is 12.4 Å². The summed E-state index contributed by atoms with van der Waals surface area (Å²) in [5, 5.41) is 20.0. The number of benzene rings is 1. The molecule has 108 valence electrons. The SMILES string of the molecule is Cc1cccc(OCc2ncncc2C(=O)O)c1[N+](=O)[O-]. The van der Waals surface area contributed by atoms with E-state index in [1.807, 2.05) is 0 Å². The number of hydrogen-bond donors (Lipinski definition) is 1. The summed E-state index contributed by atoms with van der Waals surface area (Å²) in [6.45, 7) is 1.40. The normalized spacial score (nSPS) is 10.1. The number of nitro benzene ring substituents is 1. The van der Waals surface area contributed by atoms with E-state index in [4.69, 9.17) is 9.84 Å². The van der Waals surface area contributed by atoms with Crippen LogP contribution < -0.4 is 4.74 Å². The molecular weight excluding hydrogens is 278 g/mol. The van der Waals surface area contributed by atoms with Crippen molar-refractivity contribution >= 4 is 11.7 Å². The van der Waals surface area contributed by atoms with Crippen LogP contribution in [0.1, 0.15) is 21.6 Å². The van der Waals surface area contributed by atoms with Crippen molar-refractivity contribution in [1.29, 1.82) is 0 Å². The van der Waals surface area contributed by atoms with E-state index < -0.39 is 10.9 Å². The lowest BCUT2D eigenvalue weighted by Crippen LogP contribution is -2.09. The summed E-state index contributed by atoms with van der Waals surface area (Å²) in [4.78, 5) is 29.0. The highest BCUT2D eigenvalue weighted by molar-refractivity contribution is 5.88. The minimum Gasteiger partial charge on any atom is -0.480 e. The van der Waals surface area contributed by atoms with Crippen LogP contribution in [-0.4, -0.2) is 26.0 Å². The minimum absolute atomic E-state index is 0.0648. The van der Waals surface area contributed by atoms with Gasteiger partial charge in [0.15, 0.2) is 5.75 Å². The first-order chi connectivity index (χ1) is 10.0. The van der Waals surface area contributed by atoms with E-state index in [-0.39, 0.29) is 29.3 Å². The summed E-state index contributed by atoms with van der Waals surface area (Å²) < 4.78 is 5.36. The second-order valence-corrected chi connectivity index (χ2v) is 4.16. The third-order valence-corrected chi connectivity index (χ3v) is 2.77. The predicted octanol–water partition coefficient (Wildman–Crippen LogP) is 1.97. The van der Waals surface area contributed by atoms with Crippen molar-refractivity contribution in [3.05, 3.63) is 57.7 Å². The van der Waals surface area contributed by atoms with Gasteiger partial charge in [0, 0.05) is 11.8 Å². The molecule has 0 bridgehead atoms. The fourth-order valence-corrected chi connectivity index (χ4v) is 1.78. The number of aromatic nitrogens is 2. The van der Waals surface area contributed by atoms with Crippen LogP contribution in [0.15, 0.2) is 30.7 Å². The number of nitro groups is 1. The summed E-state index contributed by atoms with van der Waals surface area (Å²) in [6, 6.07) is 4.67. The number of carboxylic acid groups (broad SMARTS) is 1. The molecule has 0 aliphatic carbocycles. The topological polar surface area (TPSA) is 115 Å². The van der Waals surface area contributed by atoms with Crippen LogP contribution in [0.3, 0.4) is 0 Å². The molecule has 1 heterocycles. The van der Waals surface area contributed by atoms with Gasteiger partial charge in [-0.15, -0.1) is 0 Å². The first-order valence-corrected chi connectivity index (χ1v) is 5.89. The first-order valence-electron chi connectivity index (χ1n) is 5.89. The summed E-state index contributed by atoms with van der Waals surface area (Å²) in [5.74, 6) is -1.12. The molecule has 0 atom stereocenters. The zero-order valence-corrected chi connectivity index (χ0v) is 11.0. The van der Waals surface area contributed by atoms with Gasteiger partial charge in [0.2, 0.25) is 0 Å². The first kappa shape index (κ1) is 14.4. The molecule has 2 aromatic rings. The van der Waals surface area contributed by atoms with Gasteiger partial charge in [-0.25, -0.2) is 14.8 Å². The smallest absolute Gasteiger partial charge is 0.339 e. The van der Waals surface area contributed by atoms with Crippen LogP contribution in [-0.2, 0) is 6.61 Å². The third kappa shape index (κ3) is 3.11. The molecule has 21 heavy (non-hydrogen) atoms. The number of aromatic carboxylic acids is 1. The van der Waals surface area contributed by atoms with Crippen LogP contribution in [0.2, 0.25) is 0 Å². The van der Waals surface area contributed by atoms with Gasteiger partial charge in [-0.05, 0) is 13.0 Å². The number of para-hydroxylation sites is 1. The monoisotopic (exact) mass is 289 g/mol. The Balaban J connectivity index is 2.28. The van der Waals surface area contributed by atoms with Gasteiger partial charge in [-0.2, -0.15) is 0 Å². The summed E-state index contributed by atoms with van der Waals surface area (Å²) in [5.41, 5.74) is 0.350. The van der Waals surface area contributed by atoms with Gasteiger partial charge in [0.25, 0.3) is 0 Å². The number of aryl methyl sites for hydroxylation is 1. The zero-order chi connectivity index (χ0) is 15.4. The minimum atomic E-state index is -1.19. The molecule has 0 spiro atoms. The molecule has 0 radical (unpaired) electrons. The van der Waals surface area contributed by atoms with Crippen LogP contribution in [0.25, 0.3) is 0 Å². The van der Waals surface area contributed by atoms with Crippen molar-refractivity contribution in [2.24, 2.45) is 0 Å². The average molecular weight is 289 g/mol. The summed E-state index contributed by atoms with van der Waals surface area (Å²) in [7, 11) is 0. The van der Waals surface area contributed by atoms with E-state index in [2.05, 4.69) is 9.97 Å². The van der Waals surface area contributed by atoms with Crippen molar-refractivity contribution in [2.45, 2.75) is 13.5 Å². The van der Waals surface area contributed by atoms with E-state index in [9.17, 15) is 14.9 Å². The molecule has 1 aromatic carbocycles. The predicted molar refractivity (Wildman–Crippen MR) is 71.2 cm³/mol. The number of rotatable bonds is 5. The number of ether oxygens (including phenoxy) is 1. The highest BCUT2D eigenvalue weighted by Crippen LogP contribution is 2.30. The maximum Gasteiger partial charge on any atom is 0.339 e.